The molecule has 0 saturated heterocycles. The maximum absolute atomic E-state index is 11.0. The van der Waals surface area contributed by atoms with Crippen molar-refractivity contribution in [3.05, 3.63) is 53.9 Å². The molecular formula is C21H23NO5. The number of methoxy groups -OCH3 is 3. The number of nitrogens with zero attached hydrogens (tertiary/aromatic N) is 1. The number of hydrogen-bond donors (Lipinski definition) is 1. The molecule has 0 bridgehead atoms. The molecule has 3 rings (SSSR count). The van der Waals surface area contributed by atoms with E-state index in [-0.39, 0.29) is 0 Å². The molecule has 2 aromatic carbocycles. The molecule has 1 atom stereocenters. The average Bonchev–Trinajstić information content (AvgIpc) is 2.71. The first kappa shape index (κ1) is 18.8. The molecule has 0 spiro atoms. The summed E-state index contributed by atoms with van der Waals surface area (Å²) in [5, 5.41) is 12.8. The van der Waals surface area contributed by atoms with Crippen molar-refractivity contribution in [2.45, 2.75) is 13.0 Å². The quantitative estimate of drug-likeness (QED) is 0.684. The predicted molar refractivity (Wildman–Crippen MR) is 103 cm³/mol. The topological polar surface area (TPSA) is 70.0 Å². The summed E-state index contributed by atoms with van der Waals surface area (Å²) in [7, 11) is 4.63. The van der Waals surface area contributed by atoms with Crippen molar-refractivity contribution < 1.29 is 24.1 Å². The summed E-state index contributed by atoms with van der Waals surface area (Å²) in [5.74, 6) is 2.22. The van der Waals surface area contributed by atoms with Crippen LogP contribution in [-0.4, -0.2) is 38.0 Å². The van der Waals surface area contributed by atoms with E-state index >= 15 is 0 Å². The van der Waals surface area contributed by atoms with Gasteiger partial charge in [-0.3, -0.25) is 4.98 Å². The van der Waals surface area contributed by atoms with E-state index in [4.69, 9.17) is 18.9 Å². The molecule has 27 heavy (non-hydrogen) atoms. The lowest BCUT2D eigenvalue weighted by molar-refractivity contribution is 0.219. The highest BCUT2D eigenvalue weighted by atomic mass is 16.5. The fraction of sp³-hybridized carbons (Fsp3) is 0.286. The minimum atomic E-state index is -0.909. The van der Waals surface area contributed by atoms with Gasteiger partial charge in [-0.05, 0) is 42.1 Å². The van der Waals surface area contributed by atoms with Crippen molar-refractivity contribution in [1.82, 2.24) is 4.98 Å². The Balaban J connectivity index is 2.09. The summed E-state index contributed by atoms with van der Waals surface area (Å²) < 4.78 is 21.7. The number of aliphatic hydroxyl groups excluding tert-OH is 1. The molecule has 0 aliphatic rings. The number of rotatable bonds is 7. The third-order valence-corrected chi connectivity index (χ3v) is 4.37. The van der Waals surface area contributed by atoms with Crippen LogP contribution in [0.1, 0.15) is 24.2 Å². The summed E-state index contributed by atoms with van der Waals surface area (Å²) in [6.45, 7) is 2.53. The van der Waals surface area contributed by atoms with Gasteiger partial charge in [0, 0.05) is 23.3 Å². The molecule has 142 valence electrons. The summed E-state index contributed by atoms with van der Waals surface area (Å²) in [5.41, 5.74) is 1.30. The van der Waals surface area contributed by atoms with Crippen molar-refractivity contribution in [1.29, 1.82) is 0 Å². The third-order valence-electron chi connectivity index (χ3n) is 4.37. The van der Waals surface area contributed by atoms with Crippen molar-refractivity contribution in [3.8, 4) is 23.0 Å². The van der Waals surface area contributed by atoms with E-state index in [2.05, 4.69) is 4.98 Å². The molecule has 3 aromatic rings. The number of benzene rings is 2. The lowest BCUT2D eigenvalue weighted by atomic mass is 9.97. The minimum absolute atomic E-state index is 0.480. The Labute approximate surface area is 158 Å². The van der Waals surface area contributed by atoms with Crippen LogP contribution >= 0.6 is 0 Å². The number of hydrogen-bond acceptors (Lipinski definition) is 6. The fourth-order valence-corrected chi connectivity index (χ4v) is 3.09. The van der Waals surface area contributed by atoms with Gasteiger partial charge in [-0.2, -0.15) is 0 Å². The van der Waals surface area contributed by atoms with Gasteiger partial charge in [0.15, 0.2) is 11.5 Å². The number of pyridine rings is 1. The fourth-order valence-electron chi connectivity index (χ4n) is 3.09. The Hall–Kier alpha value is -2.99. The maximum Gasteiger partial charge on any atom is 0.203 e. The Morgan fingerprint density at radius 3 is 2.26 bits per heavy atom. The molecule has 1 aromatic heterocycles. The molecule has 0 aliphatic carbocycles. The zero-order valence-corrected chi connectivity index (χ0v) is 15.9. The normalized spacial score (nSPS) is 11.9. The monoisotopic (exact) mass is 369 g/mol. The molecular weight excluding hydrogens is 346 g/mol. The first-order valence-corrected chi connectivity index (χ1v) is 8.61. The number of aromatic nitrogens is 1. The second-order valence-electron chi connectivity index (χ2n) is 5.91. The van der Waals surface area contributed by atoms with E-state index in [1.54, 1.807) is 45.9 Å². The highest BCUT2D eigenvalue weighted by molar-refractivity contribution is 5.86. The SMILES string of the molecule is CCOc1ccc2c(C(O)c3cc(OC)c(OC)c(OC)c3)cncc2c1. The first-order valence-electron chi connectivity index (χ1n) is 8.61. The van der Waals surface area contributed by atoms with Crippen LogP contribution in [0, 0.1) is 0 Å². The van der Waals surface area contributed by atoms with Gasteiger partial charge in [-0.15, -0.1) is 0 Å². The van der Waals surface area contributed by atoms with E-state index < -0.39 is 6.10 Å². The maximum atomic E-state index is 11.0. The first-order chi connectivity index (χ1) is 13.1. The summed E-state index contributed by atoms with van der Waals surface area (Å²) in [6.07, 6.45) is 2.51. The van der Waals surface area contributed by atoms with Gasteiger partial charge in [0.05, 0.1) is 27.9 Å². The zero-order valence-electron chi connectivity index (χ0n) is 15.9. The Morgan fingerprint density at radius 1 is 0.963 bits per heavy atom. The van der Waals surface area contributed by atoms with Crippen LogP contribution in [0.25, 0.3) is 10.8 Å². The second-order valence-corrected chi connectivity index (χ2v) is 5.91. The lowest BCUT2D eigenvalue weighted by Gasteiger charge is -2.18. The summed E-state index contributed by atoms with van der Waals surface area (Å²) >= 11 is 0. The molecule has 0 amide bonds. The second kappa shape index (κ2) is 8.14. The molecule has 6 nitrogen and oxygen atoms in total. The zero-order chi connectivity index (χ0) is 19.4. The van der Waals surface area contributed by atoms with Gasteiger partial charge >= 0.3 is 0 Å². The Kier molecular flexibility index (Phi) is 5.66. The largest absolute Gasteiger partial charge is 0.494 e. The average molecular weight is 369 g/mol. The molecule has 1 heterocycles. The van der Waals surface area contributed by atoms with Gasteiger partial charge < -0.3 is 24.1 Å². The number of fused-ring (bicyclic) bond motifs is 1. The summed E-state index contributed by atoms with van der Waals surface area (Å²) in [6, 6.07) is 9.20. The molecule has 0 radical (unpaired) electrons. The van der Waals surface area contributed by atoms with E-state index in [0.717, 1.165) is 16.5 Å². The molecule has 0 saturated carbocycles. The van der Waals surface area contributed by atoms with Gasteiger partial charge in [-0.1, -0.05) is 6.07 Å². The van der Waals surface area contributed by atoms with Crippen molar-refractivity contribution >= 4 is 10.8 Å². The minimum Gasteiger partial charge on any atom is -0.494 e. The van der Waals surface area contributed by atoms with Crippen LogP contribution < -0.4 is 18.9 Å². The van der Waals surface area contributed by atoms with Gasteiger partial charge in [0.25, 0.3) is 0 Å². The summed E-state index contributed by atoms with van der Waals surface area (Å²) in [4.78, 5) is 4.28. The van der Waals surface area contributed by atoms with Gasteiger partial charge in [0.2, 0.25) is 5.75 Å². The van der Waals surface area contributed by atoms with Crippen molar-refractivity contribution in [3.63, 3.8) is 0 Å². The van der Waals surface area contributed by atoms with Crippen LogP contribution in [0.15, 0.2) is 42.7 Å². The van der Waals surface area contributed by atoms with E-state index in [9.17, 15) is 5.11 Å². The molecule has 6 heteroatoms. The molecule has 0 aliphatic heterocycles. The van der Waals surface area contributed by atoms with Gasteiger partial charge in [-0.25, -0.2) is 0 Å². The Bertz CT molecular complexity index is 916. The van der Waals surface area contributed by atoms with Crippen LogP contribution in [-0.2, 0) is 0 Å². The van der Waals surface area contributed by atoms with Crippen LogP contribution in [0.5, 0.6) is 23.0 Å². The van der Waals surface area contributed by atoms with Crippen LogP contribution in [0.3, 0.4) is 0 Å². The molecule has 1 unspecified atom stereocenters. The van der Waals surface area contributed by atoms with Crippen molar-refractivity contribution in [2.75, 3.05) is 27.9 Å². The molecule has 0 fully saturated rings. The number of aliphatic hydroxyl groups is 1. The van der Waals surface area contributed by atoms with Gasteiger partial charge in [0.1, 0.15) is 11.9 Å². The lowest BCUT2D eigenvalue weighted by Crippen LogP contribution is -2.04. The predicted octanol–water partition coefficient (Wildman–Crippen LogP) is 3.74. The van der Waals surface area contributed by atoms with E-state index in [0.29, 0.717) is 35.0 Å². The highest BCUT2D eigenvalue weighted by Gasteiger charge is 2.20. The van der Waals surface area contributed by atoms with Crippen molar-refractivity contribution in [2.24, 2.45) is 0 Å². The number of ether oxygens (including phenoxy) is 4. The smallest absolute Gasteiger partial charge is 0.203 e. The Morgan fingerprint density at radius 2 is 1.67 bits per heavy atom. The highest BCUT2D eigenvalue weighted by Crippen LogP contribution is 2.41. The van der Waals surface area contributed by atoms with E-state index in [1.165, 1.54) is 0 Å². The third kappa shape index (κ3) is 3.61. The van der Waals surface area contributed by atoms with Crippen LogP contribution in [0.2, 0.25) is 0 Å². The van der Waals surface area contributed by atoms with Crippen LogP contribution in [0.4, 0.5) is 0 Å². The van der Waals surface area contributed by atoms with E-state index in [1.807, 2.05) is 25.1 Å². The standard InChI is InChI=1S/C21H23NO5/c1-5-27-15-6-7-16-14(8-15)11-22-12-17(16)20(23)13-9-18(24-2)21(26-4)19(10-13)25-3/h6-12,20,23H,5H2,1-4H3. The molecule has 1 N–H and O–H groups in total.